The van der Waals surface area contributed by atoms with Crippen LogP contribution in [0.1, 0.15) is 24.4 Å². The molecule has 0 spiro atoms. The Labute approximate surface area is 173 Å². The molecule has 29 heavy (non-hydrogen) atoms. The number of carbonyl (C=O) groups is 1. The van der Waals surface area contributed by atoms with Gasteiger partial charge in [0.25, 0.3) is 0 Å². The zero-order chi connectivity index (χ0) is 20.2. The molecule has 0 fully saturated rings. The van der Waals surface area contributed by atoms with Crippen molar-refractivity contribution in [3.05, 3.63) is 59.9 Å². The number of hydrogen-bond acceptors (Lipinski definition) is 6. The molecule has 2 aromatic carbocycles. The predicted octanol–water partition coefficient (Wildman–Crippen LogP) is 3.62. The fraction of sp³-hybridized carbons (Fsp3) is 0.286. The lowest BCUT2D eigenvalue weighted by Crippen LogP contribution is -2.24. The van der Waals surface area contributed by atoms with Crippen molar-refractivity contribution in [3.8, 4) is 11.5 Å². The smallest absolute Gasteiger partial charge is 0.234 e. The summed E-state index contributed by atoms with van der Waals surface area (Å²) >= 11 is 1.33. The Hall–Kier alpha value is -3.00. The summed E-state index contributed by atoms with van der Waals surface area (Å²) < 4.78 is 13.6. The summed E-state index contributed by atoms with van der Waals surface area (Å²) in [5, 5.41) is 12.0. The SMILES string of the molecule is CCc1ccc(NC(=O)CSc2nnc(C3COc4ccccc4O3)n2C)cc1. The summed E-state index contributed by atoms with van der Waals surface area (Å²) in [5.74, 6) is 2.23. The molecule has 0 aliphatic carbocycles. The van der Waals surface area contributed by atoms with Gasteiger partial charge in [-0.2, -0.15) is 0 Å². The second kappa shape index (κ2) is 8.57. The summed E-state index contributed by atoms with van der Waals surface area (Å²) in [6.07, 6.45) is 0.627. The Morgan fingerprint density at radius 1 is 1.17 bits per heavy atom. The maximum Gasteiger partial charge on any atom is 0.234 e. The van der Waals surface area contributed by atoms with E-state index in [-0.39, 0.29) is 17.8 Å². The van der Waals surface area contributed by atoms with Crippen molar-refractivity contribution >= 4 is 23.4 Å². The quantitative estimate of drug-likeness (QED) is 0.626. The number of ether oxygens (including phenoxy) is 2. The van der Waals surface area contributed by atoms with Gasteiger partial charge in [-0.1, -0.05) is 43.0 Å². The van der Waals surface area contributed by atoms with E-state index in [2.05, 4.69) is 22.4 Å². The Morgan fingerprint density at radius 2 is 1.93 bits per heavy atom. The minimum absolute atomic E-state index is 0.0880. The summed E-state index contributed by atoms with van der Waals surface area (Å²) in [4.78, 5) is 12.3. The first-order valence-electron chi connectivity index (χ1n) is 9.43. The van der Waals surface area contributed by atoms with E-state index in [9.17, 15) is 4.79 Å². The van der Waals surface area contributed by atoms with Crippen LogP contribution in [0.4, 0.5) is 5.69 Å². The lowest BCUT2D eigenvalue weighted by molar-refractivity contribution is -0.113. The zero-order valence-corrected chi connectivity index (χ0v) is 17.1. The molecule has 1 aromatic heterocycles. The first-order chi connectivity index (χ1) is 14.1. The molecule has 0 saturated heterocycles. The van der Waals surface area contributed by atoms with E-state index in [0.29, 0.717) is 23.3 Å². The second-order valence-electron chi connectivity index (χ2n) is 6.65. The minimum Gasteiger partial charge on any atom is -0.485 e. The number of thioether (sulfide) groups is 1. The van der Waals surface area contributed by atoms with Crippen molar-refractivity contribution in [1.82, 2.24) is 14.8 Å². The number of para-hydroxylation sites is 2. The van der Waals surface area contributed by atoms with Crippen LogP contribution in [0.2, 0.25) is 0 Å². The van der Waals surface area contributed by atoms with Gasteiger partial charge >= 0.3 is 0 Å². The molecule has 7 nitrogen and oxygen atoms in total. The van der Waals surface area contributed by atoms with Crippen molar-refractivity contribution < 1.29 is 14.3 Å². The minimum atomic E-state index is -0.345. The lowest BCUT2D eigenvalue weighted by atomic mass is 10.1. The van der Waals surface area contributed by atoms with Gasteiger partial charge in [-0.25, -0.2) is 0 Å². The summed E-state index contributed by atoms with van der Waals surface area (Å²) in [7, 11) is 1.86. The topological polar surface area (TPSA) is 78.3 Å². The Kier molecular flexibility index (Phi) is 5.71. The second-order valence-corrected chi connectivity index (χ2v) is 7.59. The van der Waals surface area contributed by atoms with E-state index in [1.807, 2.05) is 60.1 Å². The van der Waals surface area contributed by atoms with Crippen LogP contribution >= 0.6 is 11.8 Å². The highest BCUT2D eigenvalue weighted by Crippen LogP contribution is 2.35. The molecule has 1 unspecified atom stereocenters. The molecule has 3 aromatic rings. The Balaban J connectivity index is 1.36. The van der Waals surface area contributed by atoms with Crippen LogP contribution in [-0.4, -0.2) is 33.0 Å². The standard InChI is InChI=1S/C21H22N4O3S/c1-3-14-8-10-15(11-9-14)22-19(26)13-29-21-24-23-20(25(21)2)18-12-27-16-6-4-5-7-17(16)28-18/h4-11,18H,3,12-13H2,1-2H3,(H,22,26). The first kappa shape index (κ1) is 19.3. The average molecular weight is 410 g/mol. The molecule has 1 aliphatic rings. The molecule has 2 heterocycles. The van der Waals surface area contributed by atoms with Crippen LogP contribution < -0.4 is 14.8 Å². The highest BCUT2D eigenvalue weighted by molar-refractivity contribution is 7.99. The van der Waals surface area contributed by atoms with Gasteiger partial charge in [0, 0.05) is 12.7 Å². The van der Waals surface area contributed by atoms with Gasteiger partial charge < -0.3 is 19.4 Å². The maximum absolute atomic E-state index is 12.3. The number of benzene rings is 2. The molecule has 1 amide bonds. The van der Waals surface area contributed by atoms with Gasteiger partial charge in [0.2, 0.25) is 5.91 Å². The van der Waals surface area contributed by atoms with Gasteiger partial charge in [0.1, 0.15) is 6.61 Å². The van der Waals surface area contributed by atoms with Crippen molar-refractivity contribution in [2.75, 3.05) is 17.7 Å². The number of hydrogen-bond donors (Lipinski definition) is 1. The largest absolute Gasteiger partial charge is 0.485 e. The van der Waals surface area contributed by atoms with E-state index in [4.69, 9.17) is 9.47 Å². The van der Waals surface area contributed by atoms with E-state index in [1.54, 1.807) is 0 Å². The summed E-state index contributed by atoms with van der Waals surface area (Å²) in [6, 6.07) is 15.4. The first-order valence-corrected chi connectivity index (χ1v) is 10.4. The van der Waals surface area contributed by atoms with Gasteiger partial charge in [-0.3, -0.25) is 4.79 Å². The van der Waals surface area contributed by atoms with Crippen molar-refractivity contribution in [3.63, 3.8) is 0 Å². The highest BCUT2D eigenvalue weighted by Gasteiger charge is 2.27. The van der Waals surface area contributed by atoms with E-state index in [0.717, 1.165) is 17.9 Å². The van der Waals surface area contributed by atoms with Crippen molar-refractivity contribution in [2.45, 2.75) is 24.6 Å². The molecular weight excluding hydrogens is 388 g/mol. The average Bonchev–Trinajstić information content (AvgIpc) is 3.13. The number of carbonyl (C=O) groups excluding carboxylic acids is 1. The Morgan fingerprint density at radius 3 is 2.69 bits per heavy atom. The number of aromatic nitrogens is 3. The van der Waals surface area contributed by atoms with Gasteiger partial charge in [0.15, 0.2) is 28.6 Å². The van der Waals surface area contributed by atoms with Crippen molar-refractivity contribution in [2.24, 2.45) is 7.05 Å². The van der Waals surface area contributed by atoms with E-state index in [1.165, 1.54) is 17.3 Å². The van der Waals surface area contributed by atoms with Crippen molar-refractivity contribution in [1.29, 1.82) is 0 Å². The van der Waals surface area contributed by atoms with Gasteiger partial charge in [-0.15, -0.1) is 10.2 Å². The fourth-order valence-electron chi connectivity index (χ4n) is 3.03. The third-order valence-corrected chi connectivity index (χ3v) is 5.66. The fourth-order valence-corrected chi connectivity index (χ4v) is 3.75. The molecule has 4 rings (SSSR count). The normalized spacial score (nSPS) is 15.2. The highest BCUT2D eigenvalue weighted by atomic mass is 32.2. The molecule has 1 atom stereocenters. The molecule has 0 radical (unpaired) electrons. The molecule has 0 bridgehead atoms. The molecular formula is C21H22N4O3S. The van der Waals surface area contributed by atoms with Crippen LogP contribution in [0, 0.1) is 0 Å². The number of fused-ring (bicyclic) bond motifs is 1. The third kappa shape index (κ3) is 4.37. The van der Waals surface area contributed by atoms with E-state index >= 15 is 0 Å². The summed E-state index contributed by atoms with van der Waals surface area (Å²) in [6.45, 7) is 2.46. The van der Waals surface area contributed by atoms with Crippen LogP contribution in [0.25, 0.3) is 0 Å². The molecule has 150 valence electrons. The maximum atomic E-state index is 12.3. The number of rotatable bonds is 6. The molecule has 1 aliphatic heterocycles. The van der Waals surface area contributed by atoms with Crippen LogP contribution in [0.5, 0.6) is 11.5 Å². The summed E-state index contributed by atoms with van der Waals surface area (Å²) in [5.41, 5.74) is 2.03. The number of amides is 1. The number of nitrogens with zero attached hydrogens (tertiary/aromatic N) is 3. The monoisotopic (exact) mass is 410 g/mol. The lowest BCUT2D eigenvalue weighted by Gasteiger charge is -2.25. The molecule has 1 N–H and O–H groups in total. The predicted molar refractivity (Wildman–Crippen MR) is 111 cm³/mol. The Bertz CT molecular complexity index is 1000. The number of nitrogens with one attached hydrogen (secondary N) is 1. The van der Waals surface area contributed by atoms with Crippen LogP contribution in [-0.2, 0) is 18.3 Å². The van der Waals surface area contributed by atoms with Crippen LogP contribution in [0.3, 0.4) is 0 Å². The molecule has 0 saturated carbocycles. The van der Waals surface area contributed by atoms with Crippen LogP contribution in [0.15, 0.2) is 53.7 Å². The number of anilines is 1. The third-order valence-electron chi connectivity index (χ3n) is 4.64. The van der Waals surface area contributed by atoms with Gasteiger partial charge in [0.05, 0.1) is 5.75 Å². The van der Waals surface area contributed by atoms with E-state index < -0.39 is 0 Å². The van der Waals surface area contributed by atoms with Gasteiger partial charge in [-0.05, 0) is 36.2 Å². The zero-order valence-electron chi connectivity index (χ0n) is 16.3. The number of aryl methyl sites for hydroxylation is 1. The molecule has 8 heteroatoms.